The molecule has 0 radical (unpaired) electrons. The van der Waals surface area contributed by atoms with E-state index >= 15 is 0 Å². The summed E-state index contributed by atoms with van der Waals surface area (Å²) in [4.78, 5) is 15.7. The molecule has 0 aromatic heterocycles. The SMILES string of the molecule is CCN1CCN(Cc2ccccc2F)CCC1=O. The first-order valence-electron chi connectivity index (χ1n) is 6.44. The van der Waals surface area contributed by atoms with E-state index in [4.69, 9.17) is 0 Å². The molecule has 1 heterocycles. The van der Waals surface area contributed by atoms with Gasteiger partial charge in [0.25, 0.3) is 0 Å². The quantitative estimate of drug-likeness (QED) is 0.817. The van der Waals surface area contributed by atoms with Gasteiger partial charge in [0, 0.05) is 44.7 Å². The first kappa shape index (κ1) is 13.0. The molecule has 1 saturated heterocycles. The van der Waals surface area contributed by atoms with Gasteiger partial charge in [0.1, 0.15) is 5.82 Å². The van der Waals surface area contributed by atoms with Gasteiger partial charge in [0.05, 0.1) is 0 Å². The Bertz CT molecular complexity index is 422. The van der Waals surface area contributed by atoms with Gasteiger partial charge in [-0.2, -0.15) is 0 Å². The molecular formula is C14H19FN2O. The van der Waals surface area contributed by atoms with Crippen molar-refractivity contribution in [2.45, 2.75) is 19.9 Å². The second-order valence-corrected chi connectivity index (χ2v) is 4.59. The molecule has 18 heavy (non-hydrogen) atoms. The smallest absolute Gasteiger partial charge is 0.223 e. The first-order chi connectivity index (χ1) is 8.70. The van der Waals surface area contributed by atoms with E-state index in [0.29, 0.717) is 25.1 Å². The van der Waals surface area contributed by atoms with E-state index in [9.17, 15) is 9.18 Å². The Kier molecular flexibility index (Phi) is 4.31. The molecular weight excluding hydrogens is 231 g/mol. The average Bonchev–Trinajstić information content (AvgIpc) is 2.55. The van der Waals surface area contributed by atoms with E-state index in [0.717, 1.165) is 19.6 Å². The highest BCUT2D eigenvalue weighted by atomic mass is 19.1. The molecule has 1 aliphatic rings. The highest BCUT2D eigenvalue weighted by Crippen LogP contribution is 2.12. The number of halogens is 1. The summed E-state index contributed by atoms with van der Waals surface area (Å²) in [6, 6.07) is 6.83. The molecule has 0 aliphatic carbocycles. The maximum Gasteiger partial charge on any atom is 0.223 e. The number of likely N-dealkylation sites (N-methyl/N-ethyl adjacent to an activating group) is 1. The Morgan fingerprint density at radius 1 is 1.22 bits per heavy atom. The van der Waals surface area contributed by atoms with Crippen molar-refractivity contribution in [1.82, 2.24) is 9.80 Å². The fraction of sp³-hybridized carbons (Fsp3) is 0.500. The predicted octanol–water partition coefficient (Wildman–Crippen LogP) is 1.88. The lowest BCUT2D eigenvalue weighted by molar-refractivity contribution is -0.130. The first-order valence-corrected chi connectivity index (χ1v) is 6.44. The van der Waals surface area contributed by atoms with Crippen molar-refractivity contribution in [3.63, 3.8) is 0 Å². The van der Waals surface area contributed by atoms with Crippen molar-refractivity contribution in [2.75, 3.05) is 26.2 Å². The molecule has 1 fully saturated rings. The molecule has 1 aliphatic heterocycles. The second kappa shape index (κ2) is 5.96. The van der Waals surface area contributed by atoms with E-state index in [2.05, 4.69) is 4.90 Å². The number of benzene rings is 1. The molecule has 0 unspecified atom stereocenters. The molecule has 3 nitrogen and oxygen atoms in total. The van der Waals surface area contributed by atoms with Crippen LogP contribution in [0.2, 0.25) is 0 Å². The highest BCUT2D eigenvalue weighted by molar-refractivity contribution is 5.76. The number of hydrogen-bond donors (Lipinski definition) is 0. The Morgan fingerprint density at radius 2 is 2.00 bits per heavy atom. The monoisotopic (exact) mass is 250 g/mol. The van der Waals surface area contributed by atoms with Crippen LogP contribution in [0, 0.1) is 5.82 Å². The van der Waals surface area contributed by atoms with Crippen LogP contribution in [-0.2, 0) is 11.3 Å². The molecule has 1 aromatic rings. The minimum Gasteiger partial charge on any atom is -0.342 e. The summed E-state index contributed by atoms with van der Waals surface area (Å²) < 4.78 is 13.6. The minimum absolute atomic E-state index is 0.166. The van der Waals surface area contributed by atoms with Crippen LogP contribution in [0.5, 0.6) is 0 Å². The van der Waals surface area contributed by atoms with Gasteiger partial charge < -0.3 is 4.90 Å². The molecule has 0 atom stereocenters. The summed E-state index contributed by atoms with van der Waals surface area (Å²) >= 11 is 0. The molecule has 0 bridgehead atoms. The van der Waals surface area contributed by atoms with E-state index in [1.54, 1.807) is 12.1 Å². The van der Waals surface area contributed by atoms with Crippen molar-refractivity contribution in [3.05, 3.63) is 35.6 Å². The van der Waals surface area contributed by atoms with Gasteiger partial charge in [-0.25, -0.2) is 4.39 Å². The zero-order valence-corrected chi connectivity index (χ0v) is 10.7. The van der Waals surface area contributed by atoms with Gasteiger partial charge in [-0.05, 0) is 13.0 Å². The number of rotatable bonds is 3. The summed E-state index contributed by atoms with van der Waals surface area (Å²) in [6.07, 6.45) is 0.530. The van der Waals surface area contributed by atoms with E-state index in [-0.39, 0.29) is 11.7 Å². The van der Waals surface area contributed by atoms with Crippen LogP contribution in [0.15, 0.2) is 24.3 Å². The number of carbonyl (C=O) groups excluding carboxylic acids is 1. The van der Waals surface area contributed by atoms with E-state index in [1.165, 1.54) is 6.07 Å². The van der Waals surface area contributed by atoms with Crippen LogP contribution < -0.4 is 0 Å². The van der Waals surface area contributed by atoms with Crippen LogP contribution in [0.4, 0.5) is 4.39 Å². The molecule has 0 N–H and O–H groups in total. The van der Waals surface area contributed by atoms with Crippen LogP contribution in [0.3, 0.4) is 0 Å². The van der Waals surface area contributed by atoms with Crippen LogP contribution in [0.1, 0.15) is 18.9 Å². The summed E-state index contributed by atoms with van der Waals surface area (Å²) in [7, 11) is 0. The average molecular weight is 250 g/mol. The number of nitrogens with zero attached hydrogens (tertiary/aromatic N) is 2. The van der Waals surface area contributed by atoms with Crippen molar-refractivity contribution in [3.8, 4) is 0 Å². The Balaban J connectivity index is 1.99. The van der Waals surface area contributed by atoms with Crippen LogP contribution in [0.25, 0.3) is 0 Å². The maximum absolute atomic E-state index is 13.6. The van der Waals surface area contributed by atoms with Gasteiger partial charge in [-0.3, -0.25) is 9.69 Å². The highest BCUT2D eigenvalue weighted by Gasteiger charge is 2.19. The van der Waals surface area contributed by atoms with E-state index in [1.807, 2.05) is 17.9 Å². The van der Waals surface area contributed by atoms with Crippen LogP contribution >= 0.6 is 0 Å². The molecule has 4 heteroatoms. The van der Waals surface area contributed by atoms with Crippen molar-refractivity contribution in [2.24, 2.45) is 0 Å². The van der Waals surface area contributed by atoms with Crippen molar-refractivity contribution < 1.29 is 9.18 Å². The second-order valence-electron chi connectivity index (χ2n) is 4.59. The topological polar surface area (TPSA) is 23.6 Å². The normalized spacial score (nSPS) is 17.9. The summed E-state index contributed by atoms with van der Waals surface area (Å²) in [5.41, 5.74) is 0.704. The largest absolute Gasteiger partial charge is 0.342 e. The third-order valence-corrected chi connectivity index (χ3v) is 3.41. The Hall–Kier alpha value is -1.42. The van der Waals surface area contributed by atoms with Gasteiger partial charge in [-0.1, -0.05) is 18.2 Å². The summed E-state index contributed by atoms with van der Waals surface area (Å²) in [6.45, 7) is 5.59. The summed E-state index contributed by atoms with van der Waals surface area (Å²) in [5, 5.41) is 0. The van der Waals surface area contributed by atoms with Crippen molar-refractivity contribution >= 4 is 5.91 Å². The van der Waals surface area contributed by atoms with Crippen LogP contribution in [-0.4, -0.2) is 41.9 Å². The van der Waals surface area contributed by atoms with Gasteiger partial charge in [0.2, 0.25) is 5.91 Å². The van der Waals surface area contributed by atoms with Gasteiger partial charge in [0.15, 0.2) is 0 Å². The standard InChI is InChI=1S/C14H19FN2O/c1-2-17-10-9-16(8-7-14(17)18)11-12-5-3-4-6-13(12)15/h3-6H,2,7-11H2,1H3. The summed E-state index contributed by atoms with van der Waals surface area (Å²) in [5.74, 6) is 0.0361. The van der Waals surface area contributed by atoms with Gasteiger partial charge >= 0.3 is 0 Å². The lowest BCUT2D eigenvalue weighted by Crippen LogP contribution is -2.32. The fourth-order valence-electron chi connectivity index (χ4n) is 2.27. The number of carbonyl (C=O) groups is 1. The number of amides is 1. The Labute approximate surface area is 107 Å². The molecule has 0 saturated carbocycles. The molecule has 2 rings (SSSR count). The third-order valence-electron chi connectivity index (χ3n) is 3.41. The molecule has 0 spiro atoms. The van der Waals surface area contributed by atoms with E-state index < -0.39 is 0 Å². The lowest BCUT2D eigenvalue weighted by Gasteiger charge is -2.21. The molecule has 98 valence electrons. The molecule has 1 aromatic carbocycles. The fourth-order valence-corrected chi connectivity index (χ4v) is 2.27. The third kappa shape index (κ3) is 3.07. The minimum atomic E-state index is -0.166. The zero-order chi connectivity index (χ0) is 13.0. The van der Waals surface area contributed by atoms with Crippen molar-refractivity contribution in [1.29, 1.82) is 0 Å². The Morgan fingerprint density at radius 3 is 2.72 bits per heavy atom. The zero-order valence-electron chi connectivity index (χ0n) is 10.7. The number of hydrogen-bond acceptors (Lipinski definition) is 2. The molecule has 1 amide bonds. The van der Waals surface area contributed by atoms with Gasteiger partial charge in [-0.15, -0.1) is 0 Å². The predicted molar refractivity (Wildman–Crippen MR) is 68.5 cm³/mol. The maximum atomic E-state index is 13.6. The lowest BCUT2D eigenvalue weighted by atomic mass is 10.2.